The van der Waals surface area contributed by atoms with E-state index >= 15 is 0 Å². The van der Waals surface area contributed by atoms with E-state index < -0.39 is 0 Å². The minimum absolute atomic E-state index is 0.846. The van der Waals surface area contributed by atoms with Crippen LogP contribution in [0.3, 0.4) is 0 Å². The van der Waals surface area contributed by atoms with Crippen molar-refractivity contribution in [2.45, 2.75) is 64.7 Å². The van der Waals surface area contributed by atoms with Crippen molar-refractivity contribution in [3.63, 3.8) is 0 Å². The van der Waals surface area contributed by atoms with Gasteiger partial charge in [-0.1, -0.05) is 88.6 Å². The van der Waals surface area contributed by atoms with Gasteiger partial charge in [0.1, 0.15) is 0 Å². The molecule has 0 spiro atoms. The Balaban J connectivity index is 1.84. The van der Waals surface area contributed by atoms with E-state index in [-0.39, 0.29) is 0 Å². The van der Waals surface area contributed by atoms with Crippen LogP contribution in [0.1, 0.15) is 70.3 Å². The van der Waals surface area contributed by atoms with Gasteiger partial charge in [0.2, 0.25) is 0 Å². The van der Waals surface area contributed by atoms with Crippen molar-refractivity contribution in [1.82, 2.24) is 0 Å². The third-order valence-corrected chi connectivity index (χ3v) is 3.52. The molecule has 0 aliphatic heterocycles. The SMILES string of the molecule is CCCCCCCCCCCOC=Cc1ccccc1. The van der Waals surface area contributed by atoms with Crippen molar-refractivity contribution >= 4 is 6.08 Å². The Morgan fingerprint density at radius 3 is 2.05 bits per heavy atom. The smallest absolute Gasteiger partial charge is 0.0873 e. The lowest BCUT2D eigenvalue weighted by Gasteiger charge is -2.02. The molecule has 0 radical (unpaired) electrons. The zero-order valence-electron chi connectivity index (χ0n) is 13.0. The van der Waals surface area contributed by atoms with Crippen molar-refractivity contribution < 1.29 is 4.74 Å². The summed E-state index contributed by atoms with van der Waals surface area (Å²) in [5, 5.41) is 0. The molecule has 20 heavy (non-hydrogen) atoms. The molecule has 1 heteroatoms. The monoisotopic (exact) mass is 274 g/mol. The Morgan fingerprint density at radius 1 is 0.800 bits per heavy atom. The van der Waals surface area contributed by atoms with Crippen molar-refractivity contribution in [2.24, 2.45) is 0 Å². The zero-order valence-corrected chi connectivity index (χ0v) is 13.0. The second-order valence-electron chi connectivity index (χ2n) is 5.41. The first-order chi connectivity index (χ1) is 9.93. The van der Waals surface area contributed by atoms with Crippen LogP contribution in [0.5, 0.6) is 0 Å². The summed E-state index contributed by atoms with van der Waals surface area (Å²) in [6.45, 7) is 3.12. The molecule has 0 N–H and O–H groups in total. The van der Waals surface area contributed by atoms with Crippen LogP contribution in [0.15, 0.2) is 36.6 Å². The molecule has 0 saturated heterocycles. The van der Waals surface area contributed by atoms with Crippen molar-refractivity contribution in [2.75, 3.05) is 6.61 Å². The third kappa shape index (κ3) is 9.66. The average Bonchev–Trinajstić information content (AvgIpc) is 2.49. The van der Waals surface area contributed by atoms with Gasteiger partial charge < -0.3 is 4.74 Å². The van der Waals surface area contributed by atoms with Crippen molar-refractivity contribution in [3.05, 3.63) is 42.2 Å². The molecule has 0 atom stereocenters. The van der Waals surface area contributed by atoms with Gasteiger partial charge in [-0.3, -0.25) is 0 Å². The number of benzene rings is 1. The Morgan fingerprint density at radius 2 is 1.40 bits per heavy atom. The molecule has 1 nitrogen and oxygen atoms in total. The average molecular weight is 274 g/mol. The van der Waals surface area contributed by atoms with Gasteiger partial charge in [-0.15, -0.1) is 0 Å². The maximum Gasteiger partial charge on any atom is 0.0873 e. The number of hydrogen-bond donors (Lipinski definition) is 0. The van der Waals surface area contributed by atoms with E-state index in [4.69, 9.17) is 4.74 Å². The largest absolute Gasteiger partial charge is 0.501 e. The lowest BCUT2D eigenvalue weighted by Crippen LogP contribution is -1.88. The molecule has 0 aliphatic carbocycles. The predicted octanol–water partition coefficient (Wildman–Crippen LogP) is 6.20. The Kier molecular flexibility index (Phi) is 10.7. The minimum Gasteiger partial charge on any atom is -0.501 e. The fourth-order valence-corrected chi connectivity index (χ4v) is 2.25. The molecule has 0 heterocycles. The summed E-state index contributed by atoms with van der Waals surface area (Å²) in [5.41, 5.74) is 1.19. The number of ether oxygens (including phenoxy) is 1. The highest BCUT2D eigenvalue weighted by Gasteiger charge is 1.92. The molecule has 1 rings (SSSR count). The first-order valence-corrected chi connectivity index (χ1v) is 8.26. The van der Waals surface area contributed by atoms with E-state index in [1.165, 1.54) is 63.4 Å². The van der Waals surface area contributed by atoms with E-state index in [0.717, 1.165) is 6.61 Å². The van der Waals surface area contributed by atoms with Crippen LogP contribution in [-0.4, -0.2) is 6.61 Å². The molecular weight excluding hydrogens is 244 g/mol. The van der Waals surface area contributed by atoms with Crippen LogP contribution >= 0.6 is 0 Å². The van der Waals surface area contributed by atoms with E-state index in [0.29, 0.717) is 0 Å². The summed E-state index contributed by atoms with van der Waals surface area (Å²) in [5.74, 6) is 0. The minimum atomic E-state index is 0.846. The van der Waals surface area contributed by atoms with Gasteiger partial charge in [-0.05, 0) is 18.1 Å². The van der Waals surface area contributed by atoms with Crippen LogP contribution in [-0.2, 0) is 4.74 Å². The van der Waals surface area contributed by atoms with Crippen LogP contribution in [0.2, 0.25) is 0 Å². The molecular formula is C19H30O. The Hall–Kier alpha value is -1.24. The van der Waals surface area contributed by atoms with Gasteiger partial charge in [-0.25, -0.2) is 0 Å². The van der Waals surface area contributed by atoms with E-state index in [9.17, 15) is 0 Å². The lowest BCUT2D eigenvalue weighted by molar-refractivity contribution is 0.243. The van der Waals surface area contributed by atoms with Crippen LogP contribution in [0.4, 0.5) is 0 Å². The van der Waals surface area contributed by atoms with E-state index in [1.54, 1.807) is 0 Å². The van der Waals surface area contributed by atoms with Crippen LogP contribution < -0.4 is 0 Å². The Bertz CT molecular complexity index is 329. The summed E-state index contributed by atoms with van der Waals surface area (Å²) in [7, 11) is 0. The second kappa shape index (κ2) is 12.8. The molecule has 0 aliphatic rings. The van der Waals surface area contributed by atoms with Gasteiger partial charge in [0.05, 0.1) is 12.9 Å². The van der Waals surface area contributed by atoms with Crippen LogP contribution in [0.25, 0.3) is 6.08 Å². The fraction of sp³-hybridized carbons (Fsp3) is 0.579. The lowest BCUT2D eigenvalue weighted by atomic mass is 10.1. The topological polar surface area (TPSA) is 9.23 Å². The first-order valence-electron chi connectivity index (χ1n) is 8.26. The number of rotatable bonds is 12. The van der Waals surface area contributed by atoms with Gasteiger partial charge in [0, 0.05) is 0 Å². The number of unbranched alkanes of at least 4 members (excludes halogenated alkanes) is 8. The van der Waals surface area contributed by atoms with Crippen LogP contribution in [0, 0.1) is 0 Å². The van der Waals surface area contributed by atoms with Gasteiger partial charge in [0.25, 0.3) is 0 Å². The van der Waals surface area contributed by atoms with Gasteiger partial charge in [-0.2, -0.15) is 0 Å². The third-order valence-electron chi connectivity index (χ3n) is 3.52. The molecule has 0 amide bonds. The zero-order chi connectivity index (χ0) is 14.3. The summed E-state index contributed by atoms with van der Waals surface area (Å²) >= 11 is 0. The molecule has 0 bridgehead atoms. The highest BCUT2D eigenvalue weighted by Crippen LogP contribution is 2.09. The molecule has 1 aromatic rings. The summed E-state index contributed by atoms with van der Waals surface area (Å²) in [6, 6.07) is 10.3. The molecule has 0 aromatic heterocycles. The molecule has 0 unspecified atom stereocenters. The maximum atomic E-state index is 5.52. The molecule has 0 fully saturated rings. The summed E-state index contributed by atoms with van der Waals surface area (Å²) in [4.78, 5) is 0. The van der Waals surface area contributed by atoms with Gasteiger partial charge in [0.15, 0.2) is 0 Å². The quantitative estimate of drug-likeness (QED) is 0.325. The van der Waals surface area contributed by atoms with E-state index in [2.05, 4.69) is 19.1 Å². The molecule has 112 valence electrons. The summed E-state index contributed by atoms with van der Waals surface area (Å²) in [6.07, 6.45) is 16.1. The second-order valence-corrected chi connectivity index (χ2v) is 5.41. The number of hydrogen-bond acceptors (Lipinski definition) is 1. The predicted molar refractivity (Wildman–Crippen MR) is 88.7 cm³/mol. The van der Waals surface area contributed by atoms with E-state index in [1.807, 2.05) is 30.5 Å². The maximum absolute atomic E-state index is 5.52. The van der Waals surface area contributed by atoms with Crippen molar-refractivity contribution in [3.8, 4) is 0 Å². The normalized spacial score (nSPS) is 11.1. The van der Waals surface area contributed by atoms with Crippen molar-refractivity contribution in [1.29, 1.82) is 0 Å². The first kappa shape index (κ1) is 16.8. The highest BCUT2D eigenvalue weighted by atomic mass is 16.5. The van der Waals surface area contributed by atoms with Gasteiger partial charge >= 0.3 is 0 Å². The Labute approximate surface area is 125 Å². The molecule has 1 aromatic carbocycles. The molecule has 0 saturated carbocycles. The fourth-order valence-electron chi connectivity index (χ4n) is 2.25. The standard InChI is InChI=1S/C19H30O/c1-2-3-4-5-6-7-8-9-13-17-20-18-16-19-14-11-10-12-15-19/h10-12,14-16,18H,2-9,13,17H2,1H3. The highest BCUT2D eigenvalue weighted by molar-refractivity contribution is 5.47. The summed E-state index contributed by atoms with van der Waals surface area (Å²) < 4.78 is 5.52.